The number of allylic oxidation sites excluding steroid dienone is 16. The SMILES string of the molecule is CC/C=C/C/C=C/C/C=C/C/C=C/C/C=C/CCC(=O)OC(CCCC/C=C/C/C=C/C/C=C/CC)CC(=O)NC(CO)C(O)CCCCCCCCCCCCCCCC. The first-order chi connectivity index (χ1) is 30.0. The zero-order valence-corrected chi connectivity index (χ0v) is 39.5. The largest absolute Gasteiger partial charge is 0.462 e. The number of amides is 1. The van der Waals surface area contributed by atoms with Crippen LogP contribution in [0.1, 0.15) is 213 Å². The summed E-state index contributed by atoms with van der Waals surface area (Å²) in [4.78, 5) is 26.1. The summed E-state index contributed by atoms with van der Waals surface area (Å²) in [5, 5.41) is 23.7. The third kappa shape index (κ3) is 43.2. The number of rotatable bonds is 43. The molecule has 0 bridgehead atoms. The van der Waals surface area contributed by atoms with Crippen molar-refractivity contribution in [3.8, 4) is 0 Å². The first-order valence-corrected chi connectivity index (χ1v) is 25.0. The minimum Gasteiger partial charge on any atom is -0.462 e. The number of ether oxygens (including phenoxy) is 1. The predicted octanol–water partition coefficient (Wildman–Crippen LogP) is 14.9. The van der Waals surface area contributed by atoms with E-state index >= 15 is 0 Å². The molecule has 1 amide bonds. The number of unbranched alkanes of at least 4 members (excludes halogenated alkanes) is 15. The van der Waals surface area contributed by atoms with Crippen molar-refractivity contribution in [1.29, 1.82) is 0 Å². The molecular weight excluding hydrogens is 755 g/mol. The number of carbonyl (C=O) groups excluding carboxylic acids is 2. The third-order valence-corrected chi connectivity index (χ3v) is 10.7. The smallest absolute Gasteiger partial charge is 0.306 e. The van der Waals surface area contributed by atoms with Crippen molar-refractivity contribution < 1.29 is 24.5 Å². The van der Waals surface area contributed by atoms with E-state index in [0.717, 1.165) is 89.9 Å². The van der Waals surface area contributed by atoms with Gasteiger partial charge in [-0.05, 0) is 89.9 Å². The van der Waals surface area contributed by atoms with Gasteiger partial charge < -0.3 is 20.3 Å². The number of hydrogen-bond acceptors (Lipinski definition) is 5. The topological polar surface area (TPSA) is 95.9 Å². The van der Waals surface area contributed by atoms with Crippen LogP contribution in [-0.4, -0.2) is 46.9 Å². The lowest BCUT2D eigenvalue weighted by Crippen LogP contribution is -2.46. The highest BCUT2D eigenvalue weighted by Crippen LogP contribution is 2.16. The normalized spacial score (nSPS) is 14.1. The molecule has 0 fully saturated rings. The van der Waals surface area contributed by atoms with Gasteiger partial charge in [-0.15, -0.1) is 0 Å². The van der Waals surface area contributed by atoms with E-state index in [-0.39, 0.29) is 31.3 Å². The van der Waals surface area contributed by atoms with Crippen LogP contribution < -0.4 is 5.32 Å². The van der Waals surface area contributed by atoms with Crippen LogP contribution in [0.15, 0.2) is 97.2 Å². The molecule has 0 heterocycles. The van der Waals surface area contributed by atoms with Gasteiger partial charge in [0.15, 0.2) is 0 Å². The molecule has 0 aromatic carbocycles. The van der Waals surface area contributed by atoms with Gasteiger partial charge in [0.25, 0.3) is 0 Å². The maximum absolute atomic E-state index is 13.2. The molecule has 0 saturated heterocycles. The highest BCUT2D eigenvalue weighted by molar-refractivity contribution is 5.77. The zero-order chi connectivity index (χ0) is 44.5. The maximum Gasteiger partial charge on any atom is 0.306 e. The monoisotopic (exact) mass is 848 g/mol. The van der Waals surface area contributed by atoms with Crippen LogP contribution >= 0.6 is 0 Å². The molecule has 0 saturated carbocycles. The Bertz CT molecular complexity index is 1220. The molecule has 0 radical (unpaired) electrons. The van der Waals surface area contributed by atoms with Gasteiger partial charge in [0, 0.05) is 6.42 Å². The van der Waals surface area contributed by atoms with E-state index in [1.807, 2.05) is 6.08 Å². The van der Waals surface area contributed by atoms with Crippen molar-refractivity contribution in [2.75, 3.05) is 6.61 Å². The van der Waals surface area contributed by atoms with Crippen LogP contribution in [0, 0.1) is 0 Å². The molecule has 0 rings (SSSR count). The number of carbonyl (C=O) groups is 2. The third-order valence-electron chi connectivity index (χ3n) is 10.7. The molecular formula is C55H93NO5. The second-order valence-electron chi connectivity index (χ2n) is 16.4. The minimum absolute atomic E-state index is 0.0165. The Labute approximate surface area is 376 Å². The summed E-state index contributed by atoms with van der Waals surface area (Å²) in [6.45, 7) is 6.21. The standard InChI is InChI=1S/C55H93NO5/c1-4-7-10-13-16-19-22-25-27-28-30-33-36-39-42-45-48-55(60)61-51(46-43-40-37-34-31-24-21-18-15-12-9-6-3)49-54(59)56-52(50-57)53(58)47-44-41-38-35-32-29-26-23-20-17-14-11-8-5-2/h7,9-10,12,16,18-19,21,25,27,30-31,33-34,39,42,51-53,57-58H,4-6,8,11,13-15,17,20,22-24,26,28-29,32,35-38,40-41,43-50H2,1-3H3,(H,56,59)/b10-7+,12-9+,19-16+,21-18+,27-25+,33-30+,34-31+,42-39+. The van der Waals surface area contributed by atoms with E-state index in [2.05, 4.69) is 117 Å². The molecule has 6 heteroatoms. The molecule has 6 nitrogen and oxygen atoms in total. The van der Waals surface area contributed by atoms with Crippen molar-refractivity contribution in [1.82, 2.24) is 5.32 Å². The van der Waals surface area contributed by atoms with E-state index in [0.29, 0.717) is 19.3 Å². The van der Waals surface area contributed by atoms with Crippen molar-refractivity contribution in [2.24, 2.45) is 0 Å². The van der Waals surface area contributed by atoms with E-state index in [4.69, 9.17) is 4.74 Å². The zero-order valence-electron chi connectivity index (χ0n) is 39.5. The molecule has 0 aliphatic heterocycles. The van der Waals surface area contributed by atoms with E-state index in [1.165, 1.54) is 70.6 Å². The molecule has 0 aliphatic rings. The van der Waals surface area contributed by atoms with E-state index < -0.39 is 18.2 Å². The summed E-state index contributed by atoms with van der Waals surface area (Å²) in [6, 6.07) is -0.733. The molecule has 3 unspecified atom stereocenters. The molecule has 0 aliphatic carbocycles. The van der Waals surface area contributed by atoms with Crippen LogP contribution in [0.5, 0.6) is 0 Å². The quantitative estimate of drug-likeness (QED) is 0.0323. The van der Waals surface area contributed by atoms with Crippen LogP contribution in [0.2, 0.25) is 0 Å². The van der Waals surface area contributed by atoms with Gasteiger partial charge in [0.2, 0.25) is 5.91 Å². The van der Waals surface area contributed by atoms with Crippen molar-refractivity contribution >= 4 is 11.9 Å². The second kappa shape index (κ2) is 47.8. The fourth-order valence-corrected chi connectivity index (χ4v) is 6.96. The van der Waals surface area contributed by atoms with E-state index in [1.54, 1.807) is 0 Å². The molecule has 61 heavy (non-hydrogen) atoms. The number of nitrogens with one attached hydrogen (secondary N) is 1. The number of hydrogen-bond donors (Lipinski definition) is 3. The second-order valence-corrected chi connectivity index (χ2v) is 16.4. The summed E-state index contributed by atoms with van der Waals surface area (Å²) in [5.41, 5.74) is 0. The Balaban J connectivity index is 4.73. The Morgan fingerprint density at radius 1 is 0.492 bits per heavy atom. The van der Waals surface area contributed by atoms with Gasteiger partial charge in [-0.2, -0.15) is 0 Å². The molecule has 0 aromatic rings. The average molecular weight is 848 g/mol. The molecule has 348 valence electrons. The first kappa shape index (κ1) is 57.8. The van der Waals surface area contributed by atoms with Crippen LogP contribution in [-0.2, 0) is 14.3 Å². The maximum atomic E-state index is 13.2. The predicted molar refractivity (Wildman–Crippen MR) is 264 cm³/mol. The van der Waals surface area contributed by atoms with Gasteiger partial charge in [0.05, 0.1) is 25.2 Å². The van der Waals surface area contributed by atoms with Crippen molar-refractivity contribution in [3.63, 3.8) is 0 Å². The van der Waals surface area contributed by atoms with E-state index in [9.17, 15) is 19.8 Å². The van der Waals surface area contributed by atoms with Gasteiger partial charge in [-0.1, -0.05) is 208 Å². The first-order valence-electron chi connectivity index (χ1n) is 25.0. The fraction of sp³-hybridized carbons (Fsp3) is 0.673. The van der Waals surface area contributed by atoms with Crippen LogP contribution in [0.3, 0.4) is 0 Å². The van der Waals surface area contributed by atoms with Gasteiger partial charge >= 0.3 is 5.97 Å². The van der Waals surface area contributed by atoms with Gasteiger partial charge in [-0.25, -0.2) is 0 Å². The van der Waals surface area contributed by atoms with Crippen LogP contribution in [0.4, 0.5) is 0 Å². The number of esters is 1. The minimum atomic E-state index is -0.815. The van der Waals surface area contributed by atoms with Crippen molar-refractivity contribution in [3.05, 3.63) is 97.2 Å². The fourth-order valence-electron chi connectivity index (χ4n) is 6.96. The lowest BCUT2D eigenvalue weighted by molar-refractivity contribution is -0.150. The Morgan fingerprint density at radius 2 is 0.885 bits per heavy atom. The highest BCUT2D eigenvalue weighted by Gasteiger charge is 2.24. The molecule has 3 N–H and O–H groups in total. The molecule has 3 atom stereocenters. The van der Waals surface area contributed by atoms with Gasteiger partial charge in [0.1, 0.15) is 6.10 Å². The Hall–Kier alpha value is -3.22. The van der Waals surface area contributed by atoms with Crippen molar-refractivity contribution in [2.45, 2.75) is 232 Å². The summed E-state index contributed by atoms with van der Waals surface area (Å²) in [7, 11) is 0. The summed E-state index contributed by atoms with van der Waals surface area (Å²) >= 11 is 0. The van der Waals surface area contributed by atoms with Gasteiger partial charge in [-0.3, -0.25) is 9.59 Å². The molecule has 0 aromatic heterocycles. The average Bonchev–Trinajstić information content (AvgIpc) is 3.25. The number of aliphatic hydroxyl groups excluding tert-OH is 2. The summed E-state index contributed by atoms with van der Waals surface area (Å²) in [5.74, 6) is -0.620. The lowest BCUT2D eigenvalue weighted by atomic mass is 10.0. The lowest BCUT2D eigenvalue weighted by Gasteiger charge is -2.24. The van der Waals surface area contributed by atoms with Crippen LogP contribution in [0.25, 0.3) is 0 Å². The summed E-state index contributed by atoms with van der Waals surface area (Å²) < 4.78 is 5.86. The Morgan fingerprint density at radius 3 is 1.33 bits per heavy atom. The molecule has 0 spiro atoms. The number of aliphatic hydroxyl groups is 2. The highest BCUT2D eigenvalue weighted by atomic mass is 16.5. The Kier molecular flexibility index (Phi) is 45.3. The summed E-state index contributed by atoms with van der Waals surface area (Å²) in [6.07, 6.45) is 63.3.